The van der Waals surface area contributed by atoms with Gasteiger partial charge in [-0.15, -0.1) is 24.0 Å². The largest absolute Gasteiger partial charge is 0.434 e. The van der Waals surface area contributed by atoms with Crippen molar-refractivity contribution in [3.63, 3.8) is 0 Å². The Morgan fingerprint density at radius 1 is 1.22 bits per heavy atom. The lowest BCUT2D eigenvalue weighted by atomic mass is 10.1. The number of aromatic nitrogens is 4. The summed E-state index contributed by atoms with van der Waals surface area (Å²) in [6.07, 6.45) is 3.21. The van der Waals surface area contributed by atoms with E-state index in [4.69, 9.17) is 0 Å². The van der Waals surface area contributed by atoms with Gasteiger partial charge in [-0.1, -0.05) is 17.7 Å². The second-order valence-electron chi connectivity index (χ2n) is 6.77. The molecule has 0 atom stereocenters. The van der Waals surface area contributed by atoms with Gasteiger partial charge >= 0.3 is 6.61 Å². The monoisotopic (exact) mass is 560 g/mol. The Kier molecular flexibility index (Phi) is 9.81. The molecule has 3 aromatic rings. The molecule has 2 aromatic heterocycles. The van der Waals surface area contributed by atoms with Crippen LogP contribution >= 0.6 is 24.0 Å². The fraction of sp³-hybridized carbons (Fsp3) is 0.400. The topological polar surface area (TPSA) is 101 Å². The van der Waals surface area contributed by atoms with Crippen LogP contribution in [0.2, 0.25) is 0 Å². The first-order chi connectivity index (χ1) is 15.0. The highest BCUT2D eigenvalue weighted by molar-refractivity contribution is 14.0. The number of alkyl halides is 2. The SMILES string of the molecule is CCNC(=NCc1cc(C)ccc1OC(F)F)NCCNc1ncnc2c1cnn2C.I. The number of nitrogens with one attached hydrogen (secondary N) is 3. The van der Waals surface area contributed by atoms with E-state index >= 15 is 0 Å². The van der Waals surface area contributed by atoms with E-state index in [1.165, 1.54) is 12.4 Å². The Hall–Kier alpha value is -2.77. The number of rotatable bonds is 9. The van der Waals surface area contributed by atoms with Crippen molar-refractivity contribution in [1.82, 2.24) is 30.4 Å². The van der Waals surface area contributed by atoms with Crippen LogP contribution in [0.3, 0.4) is 0 Å². The minimum absolute atomic E-state index is 0. The number of halogens is 3. The van der Waals surface area contributed by atoms with Gasteiger partial charge in [0.15, 0.2) is 11.6 Å². The number of anilines is 1. The Morgan fingerprint density at radius 2 is 2.03 bits per heavy atom. The third-order valence-corrected chi connectivity index (χ3v) is 4.42. The van der Waals surface area contributed by atoms with Gasteiger partial charge in [-0.25, -0.2) is 15.0 Å². The molecule has 3 rings (SSSR count). The van der Waals surface area contributed by atoms with Gasteiger partial charge in [-0.05, 0) is 19.9 Å². The van der Waals surface area contributed by atoms with Crippen LogP contribution < -0.4 is 20.7 Å². The number of nitrogens with zero attached hydrogens (tertiary/aromatic N) is 5. The van der Waals surface area contributed by atoms with Crippen molar-refractivity contribution in [1.29, 1.82) is 0 Å². The van der Waals surface area contributed by atoms with Crippen molar-refractivity contribution in [2.45, 2.75) is 27.0 Å². The lowest BCUT2D eigenvalue weighted by molar-refractivity contribution is -0.0504. The number of hydrogen-bond acceptors (Lipinski definition) is 6. The van der Waals surface area contributed by atoms with E-state index in [-0.39, 0.29) is 36.3 Å². The first-order valence-corrected chi connectivity index (χ1v) is 9.91. The molecular formula is C20H27F2IN8O. The molecule has 0 bridgehead atoms. The maximum absolute atomic E-state index is 12.7. The second-order valence-corrected chi connectivity index (χ2v) is 6.77. The zero-order valence-corrected chi connectivity index (χ0v) is 20.4. The van der Waals surface area contributed by atoms with E-state index < -0.39 is 6.61 Å². The van der Waals surface area contributed by atoms with Gasteiger partial charge < -0.3 is 20.7 Å². The number of ether oxygens (including phenoxy) is 1. The minimum atomic E-state index is -2.88. The van der Waals surface area contributed by atoms with Crippen LogP contribution in [-0.2, 0) is 13.6 Å². The molecule has 0 amide bonds. The zero-order chi connectivity index (χ0) is 22.2. The van der Waals surface area contributed by atoms with E-state index in [1.807, 2.05) is 20.9 Å². The molecule has 0 radical (unpaired) electrons. The lowest BCUT2D eigenvalue weighted by Crippen LogP contribution is -2.39. The van der Waals surface area contributed by atoms with E-state index in [0.717, 1.165) is 16.6 Å². The molecule has 12 heteroatoms. The van der Waals surface area contributed by atoms with E-state index in [2.05, 4.69) is 40.7 Å². The van der Waals surface area contributed by atoms with Crippen molar-refractivity contribution < 1.29 is 13.5 Å². The van der Waals surface area contributed by atoms with Crippen LogP contribution in [0.4, 0.5) is 14.6 Å². The molecule has 0 saturated carbocycles. The third kappa shape index (κ3) is 6.87. The van der Waals surface area contributed by atoms with Gasteiger partial charge in [0.2, 0.25) is 0 Å². The molecule has 174 valence electrons. The van der Waals surface area contributed by atoms with Crippen molar-refractivity contribution in [2.24, 2.45) is 12.0 Å². The molecule has 0 saturated heterocycles. The summed E-state index contributed by atoms with van der Waals surface area (Å²) in [7, 11) is 1.83. The predicted octanol–water partition coefficient (Wildman–Crippen LogP) is 3.06. The average molecular weight is 560 g/mol. The minimum Gasteiger partial charge on any atom is -0.434 e. The third-order valence-electron chi connectivity index (χ3n) is 4.42. The molecule has 0 aliphatic rings. The number of fused-ring (bicyclic) bond motifs is 1. The van der Waals surface area contributed by atoms with E-state index in [1.54, 1.807) is 23.0 Å². The van der Waals surface area contributed by atoms with Crippen molar-refractivity contribution in [2.75, 3.05) is 25.0 Å². The molecule has 0 aliphatic heterocycles. The molecule has 2 heterocycles. The molecule has 0 aliphatic carbocycles. The Morgan fingerprint density at radius 3 is 2.78 bits per heavy atom. The summed E-state index contributed by atoms with van der Waals surface area (Å²) >= 11 is 0. The van der Waals surface area contributed by atoms with Gasteiger partial charge in [0.05, 0.1) is 18.1 Å². The molecule has 0 fully saturated rings. The van der Waals surface area contributed by atoms with Crippen molar-refractivity contribution in [3.05, 3.63) is 41.9 Å². The summed E-state index contributed by atoms with van der Waals surface area (Å²) in [6, 6.07) is 5.06. The van der Waals surface area contributed by atoms with Crippen LogP contribution in [-0.4, -0.2) is 52.0 Å². The molecule has 9 nitrogen and oxygen atoms in total. The summed E-state index contributed by atoms with van der Waals surface area (Å²) in [5, 5.41) is 14.7. The number of hydrogen-bond donors (Lipinski definition) is 3. The molecule has 3 N–H and O–H groups in total. The average Bonchev–Trinajstić information content (AvgIpc) is 3.12. The normalized spacial score (nSPS) is 11.4. The van der Waals surface area contributed by atoms with Crippen LogP contribution in [0.1, 0.15) is 18.1 Å². The molecule has 0 spiro atoms. The zero-order valence-electron chi connectivity index (χ0n) is 18.1. The van der Waals surface area contributed by atoms with Crippen LogP contribution in [0.5, 0.6) is 5.75 Å². The standard InChI is InChI=1S/C20H26F2N8O.HI/c1-4-23-20(26-10-14-9-13(2)5-6-16(14)31-19(21)22)25-8-7-24-17-15-11-29-30(3)18(15)28-12-27-17;/h5-6,9,11-12,19H,4,7-8,10H2,1-3H3,(H2,23,25,26)(H,24,27,28);1H. The number of aliphatic imine (C=N–C) groups is 1. The maximum Gasteiger partial charge on any atom is 0.387 e. The Bertz CT molecular complexity index is 1040. The Labute approximate surface area is 202 Å². The summed E-state index contributed by atoms with van der Waals surface area (Å²) in [4.78, 5) is 13.0. The van der Waals surface area contributed by atoms with Gasteiger partial charge in [-0.3, -0.25) is 4.68 Å². The molecule has 0 unspecified atom stereocenters. The van der Waals surface area contributed by atoms with Gasteiger partial charge in [-0.2, -0.15) is 13.9 Å². The predicted molar refractivity (Wildman–Crippen MR) is 131 cm³/mol. The maximum atomic E-state index is 12.7. The second kappa shape index (κ2) is 12.3. The number of aryl methyl sites for hydroxylation is 2. The van der Waals surface area contributed by atoms with Gasteiger partial charge in [0.1, 0.15) is 17.9 Å². The van der Waals surface area contributed by atoms with E-state index in [0.29, 0.717) is 37.0 Å². The first-order valence-electron chi connectivity index (χ1n) is 9.91. The fourth-order valence-corrected chi connectivity index (χ4v) is 3.01. The quantitative estimate of drug-likeness (QED) is 0.160. The first kappa shape index (κ1) is 25.5. The summed E-state index contributed by atoms with van der Waals surface area (Å²) < 4.78 is 31.6. The summed E-state index contributed by atoms with van der Waals surface area (Å²) in [5.74, 6) is 1.41. The fourth-order valence-electron chi connectivity index (χ4n) is 3.01. The summed E-state index contributed by atoms with van der Waals surface area (Å²) in [6.45, 7) is 2.97. The Balaban J connectivity index is 0.00000363. The highest BCUT2D eigenvalue weighted by Crippen LogP contribution is 2.23. The molecular weight excluding hydrogens is 533 g/mol. The van der Waals surface area contributed by atoms with Crippen LogP contribution in [0, 0.1) is 6.92 Å². The molecule has 32 heavy (non-hydrogen) atoms. The highest BCUT2D eigenvalue weighted by Gasteiger charge is 2.10. The van der Waals surface area contributed by atoms with Gasteiger partial charge in [0.25, 0.3) is 0 Å². The molecule has 1 aromatic carbocycles. The van der Waals surface area contributed by atoms with Crippen molar-refractivity contribution in [3.8, 4) is 5.75 Å². The highest BCUT2D eigenvalue weighted by atomic mass is 127. The van der Waals surface area contributed by atoms with E-state index in [9.17, 15) is 8.78 Å². The number of benzene rings is 1. The van der Waals surface area contributed by atoms with Crippen molar-refractivity contribution >= 4 is 46.8 Å². The number of guanidine groups is 1. The lowest BCUT2D eigenvalue weighted by Gasteiger charge is -2.14. The van der Waals surface area contributed by atoms with Crippen LogP contribution in [0.25, 0.3) is 11.0 Å². The summed E-state index contributed by atoms with van der Waals surface area (Å²) in [5.41, 5.74) is 2.29. The van der Waals surface area contributed by atoms with Gasteiger partial charge in [0, 0.05) is 32.2 Å². The smallest absolute Gasteiger partial charge is 0.387 e. The van der Waals surface area contributed by atoms with Crippen LogP contribution in [0.15, 0.2) is 35.7 Å².